The quantitative estimate of drug-likeness (QED) is 0.679. The van der Waals surface area contributed by atoms with E-state index in [4.69, 9.17) is 4.74 Å². The van der Waals surface area contributed by atoms with Gasteiger partial charge in [-0.05, 0) is 60.3 Å². The van der Waals surface area contributed by atoms with Crippen LogP contribution in [0.2, 0.25) is 0 Å². The predicted molar refractivity (Wildman–Crippen MR) is 126 cm³/mol. The lowest BCUT2D eigenvalue weighted by atomic mass is 9.83. The van der Waals surface area contributed by atoms with Crippen LogP contribution in [0.25, 0.3) is 11.1 Å². The topological polar surface area (TPSA) is 95.9 Å². The molecule has 5 atom stereocenters. The van der Waals surface area contributed by atoms with Crippen LogP contribution in [-0.4, -0.2) is 53.7 Å². The number of carboxylic acids is 1. The number of aliphatic carboxylic acids is 1. The fourth-order valence-corrected chi connectivity index (χ4v) is 6.22. The highest BCUT2D eigenvalue weighted by atomic mass is 16.5. The van der Waals surface area contributed by atoms with Crippen LogP contribution in [0.5, 0.6) is 0 Å². The number of hydrogen-bond donors (Lipinski definition) is 2. The van der Waals surface area contributed by atoms with Gasteiger partial charge in [0.1, 0.15) is 12.6 Å². The zero-order valence-electron chi connectivity index (χ0n) is 19.4. The number of ether oxygens (including phenoxy) is 1. The van der Waals surface area contributed by atoms with Gasteiger partial charge in [0.15, 0.2) is 0 Å². The van der Waals surface area contributed by atoms with E-state index in [1.165, 1.54) is 30.0 Å². The van der Waals surface area contributed by atoms with E-state index in [9.17, 15) is 19.5 Å². The molecule has 2 aromatic rings. The Bertz CT molecular complexity index is 1090. The van der Waals surface area contributed by atoms with Crippen molar-refractivity contribution in [1.29, 1.82) is 0 Å². The van der Waals surface area contributed by atoms with Gasteiger partial charge in [-0.3, -0.25) is 4.79 Å². The zero-order chi connectivity index (χ0) is 24.0. The Balaban J connectivity index is 1.27. The van der Waals surface area contributed by atoms with E-state index in [-0.39, 0.29) is 36.3 Å². The van der Waals surface area contributed by atoms with Crippen molar-refractivity contribution in [3.05, 3.63) is 59.7 Å². The van der Waals surface area contributed by atoms with Crippen molar-refractivity contribution < 1.29 is 24.2 Å². The van der Waals surface area contributed by atoms with E-state index < -0.39 is 24.0 Å². The molecule has 2 amide bonds. The van der Waals surface area contributed by atoms with Crippen LogP contribution in [-0.2, 0) is 14.3 Å². The molecule has 2 N–H and O–H groups in total. The number of amides is 2. The summed E-state index contributed by atoms with van der Waals surface area (Å²) in [6, 6.07) is 15.1. The first-order chi connectivity index (χ1) is 16.4. The molecular weight excluding hydrogens is 432 g/mol. The zero-order valence-corrected chi connectivity index (χ0v) is 19.4. The van der Waals surface area contributed by atoms with Gasteiger partial charge in [-0.1, -0.05) is 48.5 Å². The fraction of sp³-hybridized carbons (Fsp3) is 0.444. The van der Waals surface area contributed by atoms with Crippen LogP contribution in [0.15, 0.2) is 48.5 Å². The number of carbonyl (C=O) groups is 3. The van der Waals surface area contributed by atoms with Crippen LogP contribution in [0, 0.1) is 17.8 Å². The maximum atomic E-state index is 13.2. The molecule has 0 spiro atoms. The lowest BCUT2D eigenvalue weighted by Gasteiger charge is -2.34. The summed E-state index contributed by atoms with van der Waals surface area (Å²) in [5.74, 6) is -1.32. The molecule has 3 aliphatic carbocycles. The van der Waals surface area contributed by atoms with Gasteiger partial charge in [0.25, 0.3) is 0 Å². The van der Waals surface area contributed by atoms with Crippen LogP contribution >= 0.6 is 0 Å². The molecule has 2 fully saturated rings. The molecule has 5 rings (SSSR count). The second kappa shape index (κ2) is 8.78. The second-order valence-electron chi connectivity index (χ2n) is 9.82. The number of nitrogens with one attached hydrogen (secondary N) is 1. The Hall–Kier alpha value is -3.35. The molecule has 5 unspecified atom stereocenters. The molecule has 0 heterocycles. The number of alkyl carbamates (subject to hydrolysis) is 1. The van der Waals surface area contributed by atoms with E-state index in [1.807, 2.05) is 24.3 Å². The van der Waals surface area contributed by atoms with Gasteiger partial charge in [0.05, 0.1) is 5.92 Å². The van der Waals surface area contributed by atoms with Crippen LogP contribution in [0.1, 0.15) is 43.2 Å². The van der Waals surface area contributed by atoms with Gasteiger partial charge in [0.2, 0.25) is 5.91 Å². The number of carbonyl (C=O) groups excluding carboxylic acids is 2. The third-order valence-corrected chi connectivity index (χ3v) is 8.12. The molecule has 34 heavy (non-hydrogen) atoms. The summed E-state index contributed by atoms with van der Waals surface area (Å²) in [4.78, 5) is 38.7. The lowest BCUT2D eigenvalue weighted by Crippen LogP contribution is -2.52. The molecule has 2 bridgehead atoms. The van der Waals surface area contributed by atoms with Gasteiger partial charge < -0.3 is 20.1 Å². The van der Waals surface area contributed by atoms with E-state index in [0.29, 0.717) is 0 Å². The van der Waals surface area contributed by atoms with Crippen molar-refractivity contribution >= 4 is 18.0 Å². The number of nitrogens with zero attached hydrogens (tertiary/aromatic N) is 1. The molecule has 2 saturated carbocycles. The van der Waals surface area contributed by atoms with E-state index in [2.05, 4.69) is 29.6 Å². The first-order valence-electron chi connectivity index (χ1n) is 12.0. The molecule has 178 valence electrons. The lowest BCUT2D eigenvalue weighted by molar-refractivity contribution is -0.151. The number of rotatable bonds is 6. The number of fused-ring (bicyclic) bond motifs is 5. The Morgan fingerprint density at radius 3 is 2.24 bits per heavy atom. The fourth-order valence-electron chi connectivity index (χ4n) is 6.22. The van der Waals surface area contributed by atoms with Crippen LogP contribution in [0.3, 0.4) is 0 Å². The molecule has 7 nitrogen and oxygen atoms in total. The normalized spacial score (nSPS) is 25.4. The Morgan fingerprint density at radius 1 is 1.03 bits per heavy atom. The smallest absolute Gasteiger partial charge is 0.407 e. The van der Waals surface area contributed by atoms with E-state index >= 15 is 0 Å². The highest BCUT2D eigenvalue weighted by molar-refractivity contribution is 5.86. The van der Waals surface area contributed by atoms with Gasteiger partial charge in [-0.2, -0.15) is 0 Å². The van der Waals surface area contributed by atoms with Gasteiger partial charge in [-0.15, -0.1) is 0 Å². The third-order valence-electron chi connectivity index (χ3n) is 8.12. The van der Waals surface area contributed by atoms with Crippen LogP contribution < -0.4 is 5.32 Å². The number of carboxylic acid groups (broad SMARTS) is 1. The maximum absolute atomic E-state index is 13.2. The highest BCUT2D eigenvalue weighted by Gasteiger charge is 2.52. The van der Waals surface area contributed by atoms with E-state index in [1.54, 1.807) is 0 Å². The third kappa shape index (κ3) is 3.73. The molecule has 0 aromatic heterocycles. The standard InChI is InChI=1S/C27H30N2O5/c1-15(26(31)32)29(2)25(30)23-16-11-12-17(13-16)24(23)28-27(33)34-14-22-20-9-5-3-7-18(20)19-8-4-6-10-21(19)22/h3-10,15-17,22-24H,11-14H2,1-2H3,(H,28,33)(H,31,32). The number of benzene rings is 2. The highest BCUT2D eigenvalue weighted by Crippen LogP contribution is 2.49. The first kappa shape index (κ1) is 22.4. The maximum Gasteiger partial charge on any atom is 0.407 e. The minimum atomic E-state index is -1.04. The summed E-state index contributed by atoms with van der Waals surface area (Å²) >= 11 is 0. The Morgan fingerprint density at radius 2 is 1.62 bits per heavy atom. The molecule has 0 saturated heterocycles. The van der Waals surface area contributed by atoms with Crippen molar-refractivity contribution in [3.8, 4) is 11.1 Å². The molecule has 3 aliphatic rings. The van der Waals surface area contributed by atoms with Crippen molar-refractivity contribution in [2.45, 2.75) is 44.2 Å². The van der Waals surface area contributed by atoms with Crippen LogP contribution in [0.4, 0.5) is 4.79 Å². The molecule has 2 aromatic carbocycles. The minimum absolute atomic E-state index is 0.0295. The molecule has 0 radical (unpaired) electrons. The SMILES string of the molecule is CC(C(=O)O)N(C)C(=O)C1C2CCC(C2)C1NC(=O)OCC1c2ccccc2-c2ccccc21. The van der Waals surface area contributed by atoms with Gasteiger partial charge in [-0.25, -0.2) is 9.59 Å². The van der Waals surface area contributed by atoms with Crippen molar-refractivity contribution in [2.24, 2.45) is 17.8 Å². The summed E-state index contributed by atoms with van der Waals surface area (Å²) in [6.07, 6.45) is 2.24. The summed E-state index contributed by atoms with van der Waals surface area (Å²) < 4.78 is 5.71. The second-order valence-corrected chi connectivity index (χ2v) is 9.82. The van der Waals surface area contributed by atoms with E-state index in [0.717, 1.165) is 30.4 Å². The summed E-state index contributed by atoms with van der Waals surface area (Å²) in [5.41, 5.74) is 4.63. The van der Waals surface area contributed by atoms with Gasteiger partial charge >= 0.3 is 12.1 Å². The first-order valence-corrected chi connectivity index (χ1v) is 12.0. The predicted octanol–water partition coefficient (Wildman–Crippen LogP) is 3.87. The molecule has 7 heteroatoms. The summed E-state index contributed by atoms with van der Waals surface area (Å²) in [5, 5.41) is 12.3. The van der Waals surface area contributed by atoms with Gasteiger partial charge in [0, 0.05) is 19.0 Å². The Labute approximate surface area is 199 Å². The van der Waals surface area contributed by atoms with Crippen molar-refractivity contribution in [2.75, 3.05) is 13.7 Å². The minimum Gasteiger partial charge on any atom is -0.480 e. The molecule has 0 aliphatic heterocycles. The van der Waals surface area contributed by atoms with Crippen molar-refractivity contribution in [3.63, 3.8) is 0 Å². The molecular formula is C27H30N2O5. The Kier molecular flexibility index (Phi) is 5.80. The average molecular weight is 463 g/mol. The largest absolute Gasteiger partial charge is 0.480 e. The number of likely N-dealkylation sites (N-methyl/N-ethyl adjacent to an activating group) is 1. The number of hydrogen-bond acceptors (Lipinski definition) is 4. The summed E-state index contributed by atoms with van der Waals surface area (Å²) in [7, 11) is 1.53. The average Bonchev–Trinajstić information content (AvgIpc) is 3.53. The van der Waals surface area contributed by atoms with Crippen molar-refractivity contribution in [1.82, 2.24) is 10.2 Å². The summed E-state index contributed by atoms with van der Waals surface area (Å²) in [6.45, 7) is 1.72. The monoisotopic (exact) mass is 462 g/mol.